The average molecular weight is 367 g/mol. The van der Waals surface area contributed by atoms with E-state index in [0.717, 1.165) is 11.0 Å². The van der Waals surface area contributed by atoms with Crippen LogP contribution in [-0.4, -0.2) is 78.0 Å². The number of nitrogens with two attached hydrogens (primary N) is 1. The van der Waals surface area contributed by atoms with Crippen molar-refractivity contribution < 1.29 is 14.3 Å². The van der Waals surface area contributed by atoms with E-state index in [2.05, 4.69) is 4.98 Å². The van der Waals surface area contributed by atoms with E-state index in [1.807, 2.05) is 0 Å². The van der Waals surface area contributed by atoms with Crippen LogP contribution in [0.1, 0.15) is 23.2 Å². The zero-order valence-electron chi connectivity index (χ0n) is 15.3. The second-order valence-electron chi connectivity index (χ2n) is 6.45. The van der Waals surface area contributed by atoms with Crippen LogP contribution in [0.4, 0.5) is 5.82 Å². The number of anilines is 1. The minimum absolute atomic E-state index is 0.0813. The number of amides is 1. The summed E-state index contributed by atoms with van der Waals surface area (Å²) in [4.78, 5) is 54.3. The van der Waals surface area contributed by atoms with Gasteiger partial charge in [-0.1, -0.05) is 0 Å². The van der Waals surface area contributed by atoms with Crippen LogP contribution in [0.3, 0.4) is 0 Å². The number of Topliss-reactive ketones (excluding diaryl/α,β-unsaturated/α-hetero) is 1. The molecule has 1 amide bonds. The number of likely N-dealkylation sites (tertiary alicyclic amines) is 1. The summed E-state index contributed by atoms with van der Waals surface area (Å²) >= 11 is 0. The van der Waals surface area contributed by atoms with Crippen LogP contribution in [0.5, 0.6) is 0 Å². The summed E-state index contributed by atoms with van der Waals surface area (Å²) in [6, 6.07) is -0.395. The van der Waals surface area contributed by atoms with Crippen LogP contribution in [0.2, 0.25) is 0 Å². The summed E-state index contributed by atoms with van der Waals surface area (Å²) in [7, 11) is 4.79. The number of aromatic amines is 1. The van der Waals surface area contributed by atoms with Gasteiger partial charge in [0.2, 0.25) is 5.91 Å². The molecular formula is C16H25N5O5. The standard InChI is InChI=1S/C16H25N5O5/c1-19(2)15(24)10-5-4-6-20(10)9-11(22)12-13(17)21(7-8-26-3)16(25)18-14(12)23/h10H,4-9,17H2,1-3H3,(H,18,23,25)/t10-/m1/s1. The lowest BCUT2D eigenvalue weighted by atomic mass is 10.1. The number of aromatic nitrogens is 2. The SMILES string of the molecule is COCCn1c(N)c(C(=O)CN2CCC[C@@H]2C(=O)N(C)C)c(=O)[nH]c1=O. The molecule has 0 spiro atoms. The molecule has 1 aliphatic heterocycles. The van der Waals surface area contributed by atoms with Gasteiger partial charge in [-0.15, -0.1) is 0 Å². The number of ether oxygens (including phenoxy) is 1. The Hall–Kier alpha value is -2.46. The number of hydrogen-bond acceptors (Lipinski definition) is 7. The van der Waals surface area contributed by atoms with Gasteiger partial charge in [0.1, 0.15) is 11.4 Å². The Morgan fingerprint density at radius 3 is 2.65 bits per heavy atom. The van der Waals surface area contributed by atoms with Gasteiger partial charge in [-0.25, -0.2) is 4.79 Å². The van der Waals surface area contributed by atoms with Crippen LogP contribution in [0.15, 0.2) is 9.59 Å². The van der Waals surface area contributed by atoms with Crippen molar-refractivity contribution in [3.63, 3.8) is 0 Å². The van der Waals surface area contributed by atoms with Crippen LogP contribution in [-0.2, 0) is 16.1 Å². The molecule has 2 heterocycles. The highest BCUT2D eigenvalue weighted by molar-refractivity contribution is 6.01. The van der Waals surface area contributed by atoms with Crippen molar-refractivity contribution in [2.24, 2.45) is 0 Å². The monoisotopic (exact) mass is 367 g/mol. The lowest BCUT2D eigenvalue weighted by Crippen LogP contribution is -2.46. The van der Waals surface area contributed by atoms with Crippen molar-refractivity contribution >= 4 is 17.5 Å². The predicted molar refractivity (Wildman–Crippen MR) is 95.2 cm³/mol. The fourth-order valence-corrected chi connectivity index (χ4v) is 3.12. The normalized spacial score (nSPS) is 17.4. The summed E-state index contributed by atoms with van der Waals surface area (Å²) in [6.07, 6.45) is 1.44. The van der Waals surface area contributed by atoms with Crippen molar-refractivity contribution in [3.05, 3.63) is 26.4 Å². The third-order valence-corrected chi connectivity index (χ3v) is 4.47. The van der Waals surface area contributed by atoms with Crippen molar-refractivity contribution in [2.75, 3.05) is 46.6 Å². The number of likely N-dealkylation sites (N-methyl/N-ethyl adjacent to an activating group) is 1. The molecule has 0 aliphatic carbocycles. The summed E-state index contributed by atoms with van der Waals surface area (Å²) in [5.74, 6) is -0.786. The topological polar surface area (TPSA) is 131 Å². The lowest BCUT2D eigenvalue weighted by Gasteiger charge is -2.25. The second-order valence-corrected chi connectivity index (χ2v) is 6.45. The van der Waals surface area contributed by atoms with Crippen molar-refractivity contribution in [1.29, 1.82) is 0 Å². The van der Waals surface area contributed by atoms with E-state index in [9.17, 15) is 19.2 Å². The summed E-state index contributed by atoms with van der Waals surface area (Å²) in [5, 5.41) is 0. The number of nitrogen functional groups attached to an aromatic ring is 1. The molecule has 3 N–H and O–H groups in total. The van der Waals surface area contributed by atoms with Crippen LogP contribution in [0, 0.1) is 0 Å². The third kappa shape index (κ3) is 4.02. The first-order valence-corrected chi connectivity index (χ1v) is 8.37. The molecule has 1 atom stereocenters. The first-order chi connectivity index (χ1) is 12.3. The van der Waals surface area contributed by atoms with E-state index in [-0.39, 0.29) is 37.0 Å². The Labute approximate surface area is 150 Å². The van der Waals surface area contributed by atoms with E-state index >= 15 is 0 Å². The van der Waals surface area contributed by atoms with Crippen LogP contribution >= 0.6 is 0 Å². The number of ketones is 1. The maximum absolute atomic E-state index is 12.7. The number of nitrogens with one attached hydrogen (secondary N) is 1. The molecular weight excluding hydrogens is 342 g/mol. The van der Waals surface area contributed by atoms with Crippen LogP contribution < -0.4 is 17.0 Å². The third-order valence-electron chi connectivity index (χ3n) is 4.47. The van der Waals surface area contributed by atoms with Gasteiger partial charge in [0, 0.05) is 21.2 Å². The zero-order chi connectivity index (χ0) is 19.4. The molecule has 1 fully saturated rings. The second kappa shape index (κ2) is 8.28. The Morgan fingerprint density at radius 1 is 1.35 bits per heavy atom. The highest BCUT2D eigenvalue weighted by atomic mass is 16.5. The minimum Gasteiger partial charge on any atom is -0.384 e. The molecule has 2 rings (SSSR count). The summed E-state index contributed by atoms with van der Waals surface area (Å²) in [5.41, 5.74) is 4.15. The number of hydrogen-bond donors (Lipinski definition) is 2. The molecule has 1 aromatic heterocycles. The molecule has 1 aromatic rings. The highest BCUT2D eigenvalue weighted by Gasteiger charge is 2.34. The van der Waals surface area contributed by atoms with E-state index in [1.54, 1.807) is 19.0 Å². The number of methoxy groups -OCH3 is 1. The van der Waals surface area contributed by atoms with Gasteiger partial charge in [-0.05, 0) is 19.4 Å². The smallest absolute Gasteiger partial charge is 0.330 e. The highest BCUT2D eigenvalue weighted by Crippen LogP contribution is 2.19. The molecule has 10 nitrogen and oxygen atoms in total. The molecule has 0 aromatic carbocycles. The number of carbonyl (C=O) groups excluding carboxylic acids is 2. The van der Waals surface area contributed by atoms with Crippen molar-refractivity contribution in [1.82, 2.24) is 19.4 Å². The Balaban J connectivity index is 2.28. The molecule has 26 heavy (non-hydrogen) atoms. The van der Waals surface area contributed by atoms with Gasteiger partial charge >= 0.3 is 5.69 Å². The largest absolute Gasteiger partial charge is 0.384 e. The fourth-order valence-electron chi connectivity index (χ4n) is 3.12. The first-order valence-electron chi connectivity index (χ1n) is 8.37. The maximum atomic E-state index is 12.7. The van der Waals surface area contributed by atoms with E-state index in [4.69, 9.17) is 10.5 Å². The van der Waals surface area contributed by atoms with Crippen molar-refractivity contribution in [3.8, 4) is 0 Å². The molecule has 1 saturated heterocycles. The lowest BCUT2D eigenvalue weighted by molar-refractivity contribution is -0.133. The van der Waals surface area contributed by atoms with Gasteiger partial charge in [-0.2, -0.15) is 0 Å². The van der Waals surface area contributed by atoms with Gasteiger partial charge in [0.25, 0.3) is 5.56 Å². The number of rotatable bonds is 7. The van der Waals surface area contributed by atoms with E-state index in [0.29, 0.717) is 13.0 Å². The zero-order valence-corrected chi connectivity index (χ0v) is 15.3. The summed E-state index contributed by atoms with van der Waals surface area (Å²) < 4.78 is 6.02. The van der Waals surface area contributed by atoms with Gasteiger partial charge in [0.05, 0.1) is 25.7 Å². The fraction of sp³-hybridized carbons (Fsp3) is 0.625. The Bertz CT molecular complexity index is 797. The first kappa shape index (κ1) is 19.9. The van der Waals surface area contributed by atoms with Gasteiger partial charge in [-0.3, -0.25) is 28.8 Å². The number of nitrogens with zero attached hydrogens (tertiary/aromatic N) is 3. The average Bonchev–Trinajstić information content (AvgIpc) is 3.01. The van der Waals surface area contributed by atoms with E-state index in [1.165, 1.54) is 12.0 Å². The number of carbonyl (C=O) groups is 2. The maximum Gasteiger partial charge on any atom is 0.330 e. The molecule has 144 valence electrons. The molecule has 0 bridgehead atoms. The predicted octanol–water partition coefficient (Wildman–Crippen LogP) is -1.50. The molecule has 10 heteroatoms. The molecule has 0 radical (unpaired) electrons. The quantitative estimate of drug-likeness (QED) is 0.561. The van der Waals surface area contributed by atoms with E-state index < -0.39 is 23.1 Å². The van der Waals surface area contributed by atoms with Crippen molar-refractivity contribution in [2.45, 2.75) is 25.4 Å². The molecule has 0 unspecified atom stereocenters. The number of H-pyrrole nitrogens is 1. The minimum atomic E-state index is -0.819. The summed E-state index contributed by atoms with van der Waals surface area (Å²) in [6.45, 7) is 0.788. The molecule has 1 aliphatic rings. The van der Waals surface area contributed by atoms with Gasteiger partial charge < -0.3 is 15.4 Å². The van der Waals surface area contributed by atoms with Gasteiger partial charge in [0.15, 0.2) is 5.78 Å². The van der Waals surface area contributed by atoms with Crippen LogP contribution in [0.25, 0.3) is 0 Å². The Kier molecular flexibility index (Phi) is 6.32. The Morgan fingerprint density at radius 2 is 2.04 bits per heavy atom. The molecule has 0 saturated carbocycles.